The van der Waals surface area contributed by atoms with E-state index in [1.807, 2.05) is 0 Å². The molecule has 16 heavy (non-hydrogen) atoms. The van der Waals surface area contributed by atoms with Crippen LogP contribution in [-0.4, -0.2) is 44.7 Å². The molecule has 1 saturated carbocycles. The van der Waals surface area contributed by atoms with Crippen molar-refractivity contribution >= 4 is 15.8 Å². The van der Waals surface area contributed by atoms with Crippen LogP contribution in [0.1, 0.15) is 25.7 Å². The monoisotopic (exact) mass is 248 g/mol. The Labute approximate surface area is 95.0 Å². The Hall–Kier alpha value is -0.620. The lowest BCUT2D eigenvalue weighted by atomic mass is 10.1. The van der Waals surface area contributed by atoms with Gasteiger partial charge in [-0.15, -0.1) is 0 Å². The largest absolute Gasteiger partial charge is 0.468 e. The van der Waals surface area contributed by atoms with E-state index in [2.05, 4.69) is 4.74 Å². The van der Waals surface area contributed by atoms with E-state index < -0.39 is 25.8 Å². The number of esters is 1. The van der Waals surface area contributed by atoms with Crippen LogP contribution in [0.25, 0.3) is 0 Å². The Morgan fingerprint density at radius 3 is 2.25 bits per heavy atom. The highest BCUT2D eigenvalue weighted by Gasteiger charge is 2.60. The van der Waals surface area contributed by atoms with Crippen molar-refractivity contribution in [2.45, 2.75) is 35.7 Å². The third-order valence-electron chi connectivity index (χ3n) is 3.51. The van der Waals surface area contributed by atoms with Crippen molar-refractivity contribution in [1.82, 2.24) is 0 Å². The van der Waals surface area contributed by atoms with Gasteiger partial charge in [-0.1, -0.05) is 12.8 Å². The van der Waals surface area contributed by atoms with Crippen LogP contribution in [-0.2, 0) is 24.1 Å². The van der Waals surface area contributed by atoms with E-state index in [1.165, 1.54) is 7.11 Å². The molecule has 0 amide bonds. The first-order valence-electron chi connectivity index (χ1n) is 5.44. The number of rotatable bonds is 3. The zero-order valence-electron chi connectivity index (χ0n) is 9.27. The van der Waals surface area contributed by atoms with Crippen molar-refractivity contribution in [1.29, 1.82) is 0 Å². The second-order valence-electron chi connectivity index (χ2n) is 4.43. The second kappa shape index (κ2) is 4.00. The molecule has 1 heterocycles. The van der Waals surface area contributed by atoms with E-state index in [9.17, 15) is 13.2 Å². The van der Waals surface area contributed by atoms with Gasteiger partial charge in [0.05, 0.1) is 25.6 Å². The molecule has 1 aliphatic heterocycles. The molecule has 1 aliphatic carbocycles. The summed E-state index contributed by atoms with van der Waals surface area (Å²) < 4.78 is 32.8. The molecule has 0 radical (unpaired) electrons. The smallest absolute Gasteiger partial charge is 0.332 e. The number of carbonyl (C=O) groups excluding carboxylic acids is 1. The Kier molecular flexibility index (Phi) is 2.96. The maximum Gasteiger partial charge on any atom is 0.332 e. The Bertz CT molecular complexity index is 376. The molecule has 0 atom stereocenters. The molecule has 2 fully saturated rings. The summed E-state index contributed by atoms with van der Waals surface area (Å²) in [6.07, 6.45) is 3.15. The summed E-state index contributed by atoms with van der Waals surface area (Å²) in [5, 5.41) is -0.393. The summed E-state index contributed by atoms with van der Waals surface area (Å²) in [5.74, 6) is -0.675. The normalized spacial score (nSPS) is 25.1. The standard InChI is InChI=1S/C10H16O5S/c1-14-9(11)10(6-15-7-10)16(12,13)8-4-2-3-5-8/h8H,2-7H2,1H3. The van der Waals surface area contributed by atoms with E-state index in [-0.39, 0.29) is 13.2 Å². The Morgan fingerprint density at radius 1 is 1.31 bits per heavy atom. The molecular weight excluding hydrogens is 232 g/mol. The summed E-state index contributed by atoms with van der Waals surface area (Å²) in [6.45, 7) is -0.114. The van der Waals surface area contributed by atoms with Gasteiger partial charge in [-0.25, -0.2) is 8.42 Å². The number of hydrogen-bond acceptors (Lipinski definition) is 5. The average molecular weight is 248 g/mol. The van der Waals surface area contributed by atoms with E-state index >= 15 is 0 Å². The Balaban J connectivity index is 2.30. The third-order valence-corrected chi connectivity index (χ3v) is 6.35. The summed E-state index contributed by atoms with van der Waals surface area (Å²) in [6, 6.07) is 0. The lowest BCUT2D eigenvalue weighted by Gasteiger charge is -2.39. The van der Waals surface area contributed by atoms with Crippen molar-refractivity contribution in [2.75, 3.05) is 20.3 Å². The summed E-state index contributed by atoms with van der Waals surface area (Å²) in [4.78, 5) is 11.6. The molecule has 0 aromatic heterocycles. The van der Waals surface area contributed by atoms with Crippen molar-refractivity contribution in [3.8, 4) is 0 Å². The van der Waals surface area contributed by atoms with E-state index in [0.717, 1.165) is 12.8 Å². The first kappa shape index (κ1) is 11.9. The summed E-state index contributed by atoms with van der Waals surface area (Å²) >= 11 is 0. The molecule has 0 aromatic carbocycles. The molecule has 2 aliphatic rings. The van der Waals surface area contributed by atoms with Crippen LogP contribution in [0.15, 0.2) is 0 Å². The zero-order chi connectivity index (χ0) is 11.8. The van der Waals surface area contributed by atoms with Gasteiger partial charge in [0.25, 0.3) is 0 Å². The number of sulfone groups is 1. The lowest BCUT2D eigenvalue weighted by Crippen LogP contribution is -2.63. The number of ether oxygens (including phenoxy) is 2. The van der Waals surface area contributed by atoms with Crippen LogP contribution < -0.4 is 0 Å². The SMILES string of the molecule is COC(=O)C1(S(=O)(=O)C2CCCC2)COC1. The van der Waals surface area contributed by atoms with Crippen LogP contribution >= 0.6 is 0 Å². The minimum Gasteiger partial charge on any atom is -0.468 e. The average Bonchev–Trinajstić information content (AvgIpc) is 2.68. The van der Waals surface area contributed by atoms with Crippen LogP contribution in [0.5, 0.6) is 0 Å². The molecule has 5 nitrogen and oxygen atoms in total. The molecule has 0 N–H and O–H groups in total. The maximum absolute atomic E-state index is 12.4. The summed E-state index contributed by atoms with van der Waals surface area (Å²) in [7, 11) is -2.26. The van der Waals surface area contributed by atoms with Crippen LogP contribution in [0.3, 0.4) is 0 Å². The molecule has 92 valence electrons. The number of methoxy groups -OCH3 is 1. The Morgan fingerprint density at radius 2 is 1.88 bits per heavy atom. The van der Waals surface area contributed by atoms with Gasteiger partial charge in [0.15, 0.2) is 9.84 Å². The fourth-order valence-corrected chi connectivity index (χ4v) is 4.79. The zero-order valence-corrected chi connectivity index (χ0v) is 10.1. The van der Waals surface area contributed by atoms with Gasteiger partial charge in [0.2, 0.25) is 4.75 Å². The van der Waals surface area contributed by atoms with E-state index in [1.54, 1.807) is 0 Å². The first-order valence-corrected chi connectivity index (χ1v) is 6.99. The molecule has 0 bridgehead atoms. The summed E-state index contributed by atoms with van der Waals surface area (Å²) in [5.41, 5.74) is 0. The minimum absolute atomic E-state index is 0.0570. The fraction of sp³-hybridized carbons (Fsp3) is 0.900. The molecule has 0 aromatic rings. The molecular formula is C10H16O5S. The van der Waals surface area contributed by atoms with Gasteiger partial charge >= 0.3 is 5.97 Å². The van der Waals surface area contributed by atoms with Crippen LogP contribution in [0.2, 0.25) is 0 Å². The predicted molar refractivity (Wildman–Crippen MR) is 56.7 cm³/mol. The second-order valence-corrected chi connectivity index (χ2v) is 6.97. The molecule has 0 spiro atoms. The quantitative estimate of drug-likeness (QED) is 0.671. The highest BCUT2D eigenvalue weighted by molar-refractivity contribution is 7.94. The van der Waals surface area contributed by atoms with Crippen molar-refractivity contribution < 1.29 is 22.7 Å². The van der Waals surface area contributed by atoms with E-state index in [0.29, 0.717) is 12.8 Å². The first-order chi connectivity index (χ1) is 7.54. The van der Waals surface area contributed by atoms with Crippen LogP contribution in [0.4, 0.5) is 0 Å². The third kappa shape index (κ3) is 1.47. The lowest BCUT2D eigenvalue weighted by molar-refractivity contribution is -0.156. The van der Waals surface area contributed by atoms with Gasteiger partial charge in [-0.3, -0.25) is 4.79 Å². The molecule has 0 unspecified atom stereocenters. The van der Waals surface area contributed by atoms with Crippen molar-refractivity contribution in [2.24, 2.45) is 0 Å². The minimum atomic E-state index is -3.47. The van der Waals surface area contributed by atoms with Gasteiger partial charge in [0.1, 0.15) is 0 Å². The van der Waals surface area contributed by atoms with Crippen molar-refractivity contribution in [3.63, 3.8) is 0 Å². The molecule has 6 heteroatoms. The maximum atomic E-state index is 12.4. The van der Waals surface area contributed by atoms with Crippen molar-refractivity contribution in [3.05, 3.63) is 0 Å². The van der Waals surface area contributed by atoms with Gasteiger partial charge in [0, 0.05) is 0 Å². The van der Waals surface area contributed by atoms with Gasteiger partial charge in [-0.2, -0.15) is 0 Å². The van der Waals surface area contributed by atoms with Crippen LogP contribution in [0, 0.1) is 0 Å². The van der Waals surface area contributed by atoms with E-state index in [4.69, 9.17) is 4.74 Å². The topological polar surface area (TPSA) is 69.7 Å². The van der Waals surface area contributed by atoms with Gasteiger partial charge < -0.3 is 9.47 Å². The number of carbonyl (C=O) groups is 1. The molecule has 2 rings (SSSR count). The number of hydrogen-bond donors (Lipinski definition) is 0. The highest BCUT2D eigenvalue weighted by Crippen LogP contribution is 2.37. The predicted octanol–water partition coefficient (Wildman–Crippen LogP) is 0.286. The fourth-order valence-electron chi connectivity index (χ4n) is 2.39. The van der Waals surface area contributed by atoms with Gasteiger partial charge in [-0.05, 0) is 12.8 Å². The highest BCUT2D eigenvalue weighted by atomic mass is 32.2. The molecule has 1 saturated heterocycles.